The van der Waals surface area contributed by atoms with E-state index in [-0.39, 0.29) is 24.6 Å². The maximum Gasteiger partial charge on any atom is 0.329 e. The van der Waals surface area contributed by atoms with E-state index in [2.05, 4.69) is 23.6 Å². The van der Waals surface area contributed by atoms with Crippen LogP contribution in [0.25, 0.3) is 0 Å². The van der Waals surface area contributed by atoms with Crippen LogP contribution in [0.4, 0.5) is 17.1 Å². The van der Waals surface area contributed by atoms with Crippen LogP contribution in [-0.2, 0) is 14.3 Å². The van der Waals surface area contributed by atoms with Gasteiger partial charge in [-0.3, -0.25) is 4.79 Å². The number of aliphatic carboxylic acids is 1. The van der Waals surface area contributed by atoms with Crippen molar-refractivity contribution in [2.24, 2.45) is 0 Å². The standard InChI is InChI=1S/C23H29N3O5/c1-3-22(28)26-15(2)12-19(18-6-4-5-7-20(18)26)24-16-8-10-17(11-9-16)25-21(27)13-31-14-23(29)30/h4-11,15,19,21,24-25,27H,3,12-14H2,1-2H3,(H,29,30)/t15-,19+,21?/m0/s1. The van der Waals surface area contributed by atoms with Crippen LogP contribution >= 0.6 is 0 Å². The SMILES string of the molecule is CCC(=O)N1c2ccccc2[C@H](Nc2ccc(NC(O)COCC(=O)O)cc2)C[C@@H]1C. The summed E-state index contributed by atoms with van der Waals surface area (Å²) >= 11 is 0. The first kappa shape index (κ1) is 22.6. The number of fused-ring (bicyclic) bond motifs is 1. The number of hydrogen-bond donors (Lipinski definition) is 4. The average molecular weight is 428 g/mol. The predicted octanol–water partition coefficient (Wildman–Crippen LogP) is 3.21. The van der Waals surface area contributed by atoms with Crippen molar-refractivity contribution in [1.29, 1.82) is 0 Å². The Hall–Kier alpha value is -3.10. The van der Waals surface area contributed by atoms with Crippen molar-refractivity contribution >= 4 is 28.9 Å². The molecule has 0 fully saturated rings. The number of carbonyl (C=O) groups is 2. The molecule has 1 amide bonds. The van der Waals surface area contributed by atoms with Crippen LogP contribution in [0.5, 0.6) is 0 Å². The van der Waals surface area contributed by atoms with E-state index in [9.17, 15) is 14.7 Å². The van der Waals surface area contributed by atoms with Crippen LogP contribution in [0.3, 0.4) is 0 Å². The highest BCUT2D eigenvalue weighted by molar-refractivity contribution is 5.95. The molecular weight excluding hydrogens is 398 g/mol. The Labute approximate surface area is 181 Å². The van der Waals surface area contributed by atoms with Crippen LogP contribution < -0.4 is 15.5 Å². The lowest BCUT2D eigenvalue weighted by molar-refractivity contribution is -0.143. The summed E-state index contributed by atoms with van der Waals surface area (Å²) in [6.07, 6.45) is 0.257. The molecule has 3 rings (SSSR count). The molecule has 2 aromatic rings. The number of rotatable bonds is 9. The summed E-state index contributed by atoms with van der Waals surface area (Å²) in [4.78, 5) is 24.8. The predicted molar refractivity (Wildman–Crippen MR) is 119 cm³/mol. The Kier molecular flexibility index (Phi) is 7.49. The van der Waals surface area contributed by atoms with Crippen LogP contribution in [0.2, 0.25) is 0 Å². The fraction of sp³-hybridized carbons (Fsp3) is 0.391. The van der Waals surface area contributed by atoms with Crippen molar-refractivity contribution < 1.29 is 24.5 Å². The second-order valence-corrected chi connectivity index (χ2v) is 7.60. The zero-order chi connectivity index (χ0) is 22.4. The lowest BCUT2D eigenvalue weighted by Crippen LogP contribution is -2.44. The zero-order valence-corrected chi connectivity index (χ0v) is 17.7. The maximum absolute atomic E-state index is 12.5. The van der Waals surface area contributed by atoms with Gasteiger partial charge in [0, 0.05) is 29.5 Å². The molecule has 0 saturated heterocycles. The van der Waals surface area contributed by atoms with Gasteiger partial charge in [-0.2, -0.15) is 0 Å². The molecule has 8 nitrogen and oxygen atoms in total. The van der Waals surface area contributed by atoms with Gasteiger partial charge in [-0.25, -0.2) is 4.79 Å². The maximum atomic E-state index is 12.5. The second kappa shape index (κ2) is 10.3. The number of aliphatic hydroxyl groups is 1. The number of aliphatic hydroxyl groups excluding tert-OH is 1. The Balaban J connectivity index is 1.66. The Morgan fingerprint density at radius 2 is 1.84 bits per heavy atom. The monoisotopic (exact) mass is 427 g/mol. The molecule has 0 bridgehead atoms. The number of ether oxygens (including phenoxy) is 1. The van der Waals surface area contributed by atoms with E-state index in [1.165, 1.54) is 0 Å². The van der Waals surface area contributed by atoms with Gasteiger partial charge in [0.2, 0.25) is 5.91 Å². The summed E-state index contributed by atoms with van der Waals surface area (Å²) < 4.78 is 4.88. The van der Waals surface area contributed by atoms with Crippen LogP contribution in [0.15, 0.2) is 48.5 Å². The third-order valence-corrected chi connectivity index (χ3v) is 5.22. The van der Waals surface area contributed by atoms with Crippen molar-refractivity contribution in [3.63, 3.8) is 0 Å². The lowest BCUT2D eigenvalue weighted by atomic mass is 9.91. The summed E-state index contributed by atoms with van der Waals surface area (Å²) in [6, 6.07) is 15.6. The number of para-hydroxylation sites is 1. The number of carboxylic acid groups (broad SMARTS) is 1. The third kappa shape index (κ3) is 5.74. The van der Waals surface area contributed by atoms with Gasteiger partial charge in [0.15, 0.2) is 0 Å². The summed E-state index contributed by atoms with van der Waals surface area (Å²) in [5.41, 5.74) is 3.66. The van der Waals surface area contributed by atoms with Crippen molar-refractivity contribution in [2.45, 2.75) is 45.0 Å². The molecule has 8 heteroatoms. The van der Waals surface area contributed by atoms with E-state index in [1.807, 2.05) is 54.3 Å². The molecule has 3 atom stereocenters. The topological polar surface area (TPSA) is 111 Å². The molecule has 0 aliphatic carbocycles. The highest BCUT2D eigenvalue weighted by Gasteiger charge is 2.32. The lowest BCUT2D eigenvalue weighted by Gasteiger charge is -2.40. The molecule has 0 aromatic heterocycles. The third-order valence-electron chi connectivity index (χ3n) is 5.22. The van der Waals surface area contributed by atoms with E-state index >= 15 is 0 Å². The van der Waals surface area contributed by atoms with Crippen molar-refractivity contribution in [2.75, 3.05) is 28.7 Å². The summed E-state index contributed by atoms with van der Waals surface area (Å²) in [5, 5.41) is 24.9. The van der Waals surface area contributed by atoms with E-state index in [1.54, 1.807) is 0 Å². The average Bonchev–Trinajstić information content (AvgIpc) is 2.74. The summed E-state index contributed by atoms with van der Waals surface area (Å²) in [6.45, 7) is 3.37. The number of nitrogens with one attached hydrogen (secondary N) is 2. The van der Waals surface area contributed by atoms with E-state index in [4.69, 9.17) is 9.84 Å². The number of carbonyl (C=O) groups excluding carboxylic acids is 1. The summed E-state index contributed by atoms with van der Waals surface area (Å²) in [5.74, 6) is -0.955. The highest BCUT2D eigenvalue weighted by Crippen LogP contribution is 2.39. The fourth-order valence-electron chi connectivity index (χ4n) is 3.86. The molecule has 0 radical (unpaired) electrons. The molecule has 2 aromatic carbocycles. The van der Waals surface area contributed by atoms with Gasteiger partial charge in [0.25, 0.3) is 0 Å². The number of nitrogens with zero attached hydrogens (tertiary/aromatic N) is 1. The fourth-order valence-corrected chi connectivity index (χ4v) is 3.86. The number of benzene rings is 2. The van der Waals surface area contributed by atoms with Gasteiger partial charge >= 0.3 is 5.97 Å². The number of carboxylic acids is 1. The second-order valence-electron chi connectivity index (χ2n) is 7.60. The minimum absolute atomic E-state index is 0.0703. The normalized spacial score (nSPS) is 18.7. The highest BCUT2D eigenvalue weighted by atomic mass is 16.5. The first-order valence-electron chi connectivity index (χ1n) is 10.4. The number of anilines is 3. The smallest absolute Gasteiger partial charge is 0.329 e. The van der Waals surface area contributed by atoms with Gasteiger partial charge in [-0.15, -0.1) is 0 Å². The molecule has 31 heavy (non-hydrogen) atoms. The minimum Gasteiger partial charge on any atom is -0.480 e. The Bertz CT molecular complexity index is 902. The summed E-state index contributed by atoms with van der Waals surface area (Å²) in [7, 11) is 0. The van der Waals surface area contributed by atoms with E-state index < -0.39 is 18.8 Å². The van der Waals surface area contributed by atoms with Crippen LogP contribution in [0.1, 0.15) is 38.3 Å². The molecule has 4 N–H and O–H groups in total. The van der Waals surface area contributed by atoms with Crippen LogP contribution in [-0.4, -0.2) is 47.6 Å². The zero-order valence-electron chi connectivity index (χ0n) is 17.7. The molecule has 0 spiro atoms. The molecule has 166 valence electrons. The van der Waals surface area contributed by atoms with E-state index in [0.29, 0.717) is 12.1 Å². The molecule has 1 unspecified atom stereocenters. The van der Waals surface area contributed by atoms with Crippen LogP contribution in [0, 0.1) is 0 Å². The van der Waals surface area contributed by atoms with Crippen molar-refractivity contribution in [3.05, 3.63) is 54.1 Å². The van der Waals surface area contributed by atoms with Gasteiger partial charge in [0.05, 0.1) is 12.6 Å². The van der Waals surface area contributed by atoms with Gasteiger partial charge in [0.1, 0.15) is 12.8 Å². The van der Waals surface area contributed by atoms with Gasteiger partial charge in [-0.1, -0.05) is 25.1 Å². The Morgan fingerprint density at radius 3 is 2.52 bits per heavy atom. The quantitative estimate of drug-likeness (QED) is 0.455. The largest absolute Gasteiger partial charge is 0.480 e. The van der Waals surface area contributed by atoms with E-state index in [0.717, 1.165) is 23.4 Å². The first-order chi connectivity index (χ1) is 14.9. The van der Waals surface area contributed by atoms with Crippen molar-refractivity contribution in [3.8, 4) is 0 Å². The first-order valence-corrected chi connectivity index (χ1v) is 10.4. The Morgan fingerprint density at radius 1 is 1.16 bits per heavy atom. The molecular formula is C23H29N3O5. The molecule has 1 aliphatic heterocycles. The minimum atomic E-state index is -1.08. The van der Waals surface area contributed by atoms with Gasteiger partial charge < -0.3 is 30.5 Å². The molecule has 1 heterocycles. The molecule has 0 saturated carbocycles. The number of hydrogen-bond acceptors (Lipinski definition) is 6. The molecule has 1 aliphatic rings. The van der Waals surface area contributed by atoms with Gasteiger partial charge in [-0.05, 0) is 49.2 Å². The van der Waals surface area contributed by atoms with Crippen molar-refractivity contribution in [1.82, 2.24) is 0 Å². The number of amides is 1.